The lowest BCUT2D eigenvalue weighted by Crippen LogP contribution is -2.43. The van der Waals surface area contributed by atoms with Gasteiger partial charge in [0.15, 0.2) is 12.4 Å². The molecule has 10 heteroatoms. The Labute approximate surface area is 268 Å². The number of hydrogen-bond acceptors (Lipinski definition) is 8. The normalized spacial score (nSPS) is 15.6. The highest BCUT2D eigenvalue weighted by molar-refractivity contribution is 5.97. The average molecular weight is 622 g/mol. The summed E-state index contributed by atoms with van der Waals surface area (Å²) in [6.07, 6.45) is 9.43. The number of carbonyl (C=O) groups is 2. The number of phenols is 1. The number of rotatable bonds is 19. The molecule has 2 amide bonds. The maximum atomic E-state index is 13.3. The van der Waals surface area contributed by atoms with Crippen LogP contribution >= 0.6 is 0 Å². The van der Waals surface area contributed by atoms with Crippen molar-refractivity contribution < 1.29 is 24.2 Å². The van der Waals surface area contributed by atoms with Crippen LogP contribution in [0, 0.1) is 0 Å². The minimum Gasteiger partial charge on any atom is -0.506 e. The lowest BCUT2D eigenvalue weighted by atomic mass is 9.97. The summed E-state index contributed by atoms with van der Waals surface area (Å²) in [6, 6.07) is 12.3. The first-order chi connectivity index (χ1) is 22.0. The highest BCUT2D eigenvalue weighted by Crippen LogP contribution is 2.39. The molecule has 45 heavy (non-hydrogen) atoms. The van der Waals surface area contributed by atoms with Crippen molar-refractivity contribution in [1.29, 1.82) is 0 Å². The molecule has 1 atom stereocenters. The zero-order valence-electron chi connectivity index (χ0n) is 27.0. The van der Waals surface area contributed by atoms with Gasteiger partial charge in [0.25, 0.3) is 5.91 Å². The number of hydrogen-bond donors (Lipinski definition) is 4. The minimum atomic E-state index is -0.275. The molecule has 10 nitrogen and oxygen atoms in total. The zero-order valence-corrected chi connectivity index (χ0v) is 27.0. The summed E-state index contributed by atoms with van der Waals surface area (Å²) in [5.41, 5.74) is 3.73. The molecular formula is C35H51N5O5. The molecule has 4 rings (SSSR count). The quantitative estimate of drug-likeness (QED) is 0.106. The Morgan fingerprint density at radius 3 is 2.80 bits per heavy atom. The molecule has 2 aromatic rings. The number of aliphatic imine (C=N–C) groups is 1. The van der Waals surface area contributed by atoms with Crippen molar-refractivity contribution in [2.45, 2.75) is 70.3 Å². The van der Waals surface area contributed by atoms with Crippen LogP contribution in [0.2, 0.25) is 0 Å². The van der Waals surface area contributed by atoms with Crippen LogP contribution in [-0.4, -0.2) is 93.7 Å². The molecule has 4 N–H and O–H groups in total. The Kier molecular flexibility index (Phi) is 14.1. The van der Waals surface area contributed by atoms with Crippen LogP contribution in [0.25, 0.3) is 0 Å². The third kappa shape index (κ3) is 10.5. The number of amides is 2. The SMILES string of the molecule is CCCNCC(C=NC)c1cccc(CCOCCC(=O)N(CCNCCc2ccc(O)c3c2OCC(=O)N3)C2CCCC2)c1. The van der Waals surface area contributed by atoms with Crippen LogP contribution < -0.4 is 20.7 Å². The van der Waals surface area contributed by atoms with Crippen molar-refractivity contribution in [1.82, 2.24) is 15.5 Å². The maximum absolute atomic E-state index is 13.3. The highest BCUT2D eigenvalue weighted by atomic mass is 16.5. The van der Waals surface area contributed by atoms with Gasteiger partial charge in [0, 0.05) is 44.9 Å². The Bertz CT molecular complexity index is 1260. The van der Waals surface area contributed by atoms with E-state index in [9.17, 15) is 14.7 Å². The van der Waals surface area contributed by atoms with E-state index in [2.05, 4.69) is 57.0 Å². The first-order valence-corrected chi connectivity index (χ1v) is 16.6. The predicted octanol–water partition coefficient (Wildman–Crippen LogP) is 4.06. The van der Waals surface area contributed by atoms with Crippen molar-refractivity contribution in [3.63, 3.8) is 0 Å². The molecular weight excluding hydrogens is 570 g/mol. The monoisotopic (exact) mass is 621 g/mol. The van der Waals surface area contributed by atoms with Gasteiger partial charge in [-0.3, -0.25) is 9.59 Å². The molecule has 246 valence electrons. The number of phenolic OH excluding ortho intramolecular Hbond substituents is 1. The molecule has 0 saturated heterocycles. The van der Waals surface area contributed by atoms with Gasteiger partial charge in [0.1, 0.15) is 11.4 Å². The summed E-state index contributed by atoms with van der Waals surface area (Å²) in [5.74, 6) is 0.654. The molecule has 1 aliphatic carbocycles. The van der Waals surface area contributed by atoms with Crippen molar-refractivity contribution in [2.75, 3.05) is 64.9 Å². The molecule has 2 aromatic carbocycles. The lowest BCUT2D eigenvalue weighted by molar-refractivity contribution is -0.134. The van der Waals surface area contributed by atoms with Gasteiger partial charge in [-0.2, -0.15) is 0 Å². The molecule has 1 saturated carbocycles. The number of nitrogens with one attached hydrogen (secondary N) is 3. The van der Waals surface area contributed by atoms with Gasteiger partial charge in [0.2, 0.25) is 5.91 Å². The Morgan fingerprint density at radius 1 is 1.16 bits per heavy atom. The van der Waals surface area contributed by atoms with Crippen LogP contribution in [0.3, 0.4) is 0 Å². The van der Waals surface area contributed by atoms with Gasteiger partial charge in [-0.05, 0) is 68.0 Å². The summed E-state index contributed by atoms with van der Waals surface area (Å²) in [4.78, 5) is 31.3. The molecule has 0 radical (unpaired) electrons. The van der Waals surface area contributed by atoms with Crippen molar-refractivity contribution in [3.05, 3.63) is 53.1 Å². The van der Waals surface area contributed by atoms with Gasteiger partial charge < -0.3 is 40.4 Å². The number of ether oxygens (including phenoxy) is 2. The highest BCUT2D eigenvalue weighted by Gasteiger charge is 2.26. The second-order valence-electron chi connectivity index (χ2n) is 11.9. The first kappa shape index (κ1) is 34.4. The zero-order chi connectivity index (χ0) is 31.9. The van der Waals surface area contributed by atoms with Crippen LogP contribution in [-0.2, 0) is 27.2 Å². The van der Waals surface area contributed by atoms with E-state index in [1.807, 2.05) is 19.3 Å². The van der Waals surface area contributed by atoms with Crippen molar-refractivity contribution in [2.24, 2.45) is 4.99 Å². The number of carbonyl (C=O) groups excluding carboxylic acids is 2. The van der Waals surface area contributed by atoms with Gasteiger partial charge >= 0.3 is 0 Å². The first-order valence-electron chi connectivity index (χ1n) is 16.6. The van der Waals surface area contributed by atoms with Crippen LogP contribution in [0.4, 0.5) is 5.69 Å². The van der Waals surface area contributed by atoms with Crippen LogP contribution in [0.15, 0.2) is 41.4 Å². The lowest BCUT2D eigenvalue weighted by Gasteiger charge is -2.29. The maximum Gasteiger partial charge on any atom is 0.262 e. The predicted molar refractivity (Wildman–Crippen MR) is 179 cm³/mol. The van der Waals surface area contributed by atoms with E-state index in [0.29, 0.717) is 63.2 Å². The molecule has 1 unspecified atom stereocenters. The standard InChI is InChI=1S/C35H51N5O5/c1-3-16-38-24-29(23-36-2)28-8-6-7-26(22-28)14-20-44-21-15-33(43)40(30-9-4-5-10-30)19-18-37-17-13-27-11-12-31(41)34-35(27)45-25-32(42)39-34/h6-8,11-12,22-23,29-30,37-38,41H,3-5,9-10,13-21,24-25H2,1-2H3,(H,39,42). The van der Waals surface area contributed by atoms with Crippen LogP contribution in [0.5, 0.6) is 11.5 Å². The average Bonchev–Trinajstić information content (AvgIpc) is 3.58. The van der Waals surface area contributed by atoms with Crippen LogP contribution in [0.1, 0.15) is 68.1 Å². The summed E-state index contributed by atoms with van der Waals surface area (Å²) < 4.78 is 11.5. The summed E-state index contributed by atoms with van der Waals surface area (Å²) >= 11 is 0. The van der Waals surface area contributed by atoms with Gasteiger partial charge in [-0.25, -0.2) is 0 Å². The number of anilines is 1. The molecule has 0 spiro atoms. The number of aromatic hydroxyl groups is 1. The topological polar surface area (TPSA) is 125 Å². The number of benzene rings is 2. The fourth-order valence-corrected chi connectivity index (χ4v) is 6.13. The Balaban J connectivity index is 1.19. The van der Waals surface area contributed by atoms with E-state index in [1.54, 1.807) is 6.07 Å². The molecule has 0 aromatic heterocycles. The molecule has 1 aliphatic heterocycles. The van der Waals surface area contributed by atoms with Crippen molar-refractivity contribution in [3.8, 4) is 11.5 Å². The van der Waals surface area contributed by atoms with E-state index in [-0.39, 0.29) is 30.1 Å². The number of fused-ring (bicyclic) bond motifs is 1. The van der Waals surface area contributed by atoms with E-state index < -0.39 is 0 Å². The summed E-state index contributed by atoms with van der Waals surface area (Å²) in [5, 5.41) is 19.7. The third-order valence-corrected chi connectivity index (χ3v) is 8.51. The van der Waals surface area contributed by atoms with Gasteiger partial charge in [-0.1, -0.05) is 50.1 Å². The molecule has 1 fully saturated rings. The second-order valence-corrected chi connectivity index (χ2v) is 11.9. The van der Waals surface area contributed by atoms with Gasteiger partial charge in [0.05, 0.1) is 19.6 Å². The molecule has 2 aliphatic rings. The largest absolute Gasteiger partial charge is 0.506 e. The van der Waals surface area contributed by atoms with Gasteiger partial charge in [-0.15, -0.1) is 0 Å². The minimum absolute atomic E-state index is 0.000530. The fourth-order valence-electron chi connectivity index (χ4n) is 6.13. The van der Waals surface area contributed by atoms with E-state index in [4.69, 9.17) is 9.47 Å². The number of nitrogens with zero attached hydrogens (tertiary/aromatic N) is 2. The Hall–Kier alpha value is -3.47. The summed E-state index contributed by atoms with van der Waals surface area (Å²) in [6.45, 7) is 7.02. The van der Waals surface area contributed by atoms with E-state index in [0.717, 1.165) is 44.3 Å². The van der Waals surface area contributed by atoms with E-state index in [1.165, 1.54) is 24.0 Å². The molecule has 1 heterocycles. The molecule has 0 bridgehead atoms. The Morgan fingerprint density at radius 2 is 2.00 bits per heavy atom. The second kappa shape index (κ2) is 18.5. The third-order valence-electron chi connectivity index (χ3n) is 8.51. The fraction of sp³-hybridized carbons (Fsp3) is 0.571. The smallest absolute Gasteiger partial charge is 0.262 e. The van der Waals surface area contributed by atoms with Crippen molar-refractivity contribution >= 4 is 23.7 Å². The summed E-state index contributed by atoms with van der Waals surface area (Å²) in [7, 11) is 1.82. The van der Waals surface area contributed by atoms with E-state index >= 15 is 0 Å².